The fraction of sp³-hybridized carbons (Fsp3) is 0.571. The van der Waals surface area contributed by atoms with E-state index in [4.69, 9.17) is 11.6 Å². The molecule has 56 valence electrons. The first-order valence-electron chi connectivity index (χ1n) is 3.03. The van der Waals surface area contributed by atoms with Crippen LogP contribution in [0.3, 0.4) is 0 Å². The van der Waals surface area contributed by atoms with Gasteiger partial charge < -0.3 is 5.32 Å². The molecular formula is C7H10ClNO. The molecule has 0 aromatic carbocycles. The van der Waals surface area contributed by atoms with Gasteiger partial charge in [0.25, 0.3) is 0 Å². The third-order valence-electron chi connectivity index (χ3n) is 0.770. The lowest BCUT2D eigenvalue weighted by atomic mass is 10.4. The van der Waals surface area contributed by atoms with E-state index in [0.29, 0.717) is 18.8 Å². The molecule has 0 saturated carbocycles. The molecule has 0 rings (SSSR count). The highest BCUT2D eigenvalue weighted by Crippen LogP contribution is 1.78. The maximum absolute atomic E-state index is 10.3. The van der Waals surface area contributed by atoms with Crippen molar-refractivity contribution in [2.45, 2.75) is 13.3 Å². The number of carbonyl (C=O) groups excluding carboxylic acids is 1. The van der Waals surface area contributed by atoms with Crippen LogP contribution in [0, 0.1) is 11.8 Å². The molecule has 0 aliphatic rings. The molecule has 0 aliphatic carbocycles. The van der Waals surface area contributed by atoms with Crippen molar-refractivity contribution in [1.82, 2.24) is 5.32 Å². The Kier molecular flexibility index (Phi) is 6.00. The van der Waals surface area contributed by atoms with Gasteiger partial charge in [-0.15, -0.1) is 17.5 Å². The molecule has 0 heterocycles. The summed E-state index contributed by atoms with van der Waals surface area (Å²) in [4.78, 5) is 10.3. The lowest BCUT2D eigenvalue weighted by molar-refractivity contribution is -0.118. The van der Waals surface area contributed by atoms with Crippen molar-refractivity contribution in [2.75, 3.05) is 12.4 Å². The predicted octanol–water partition coefficient (Wildman–Crippen LogP) is 0.755. The summed E-state index contributed by atoms with van der Waals surface area (Å²) < 4.78 is 0. The van der Waals surface area contributed by atoms with Gasteiger partial charge in [0.2, 0.25) is 5.91 Å². The summed E-state index contributed by atoms with van der Waals surface area (Å²) in [6.07, 6.45) is 0.682. The first-order chi connectivity index (χ1) is 4.77. The van der Waals surface area contributed by atoms with E-state index < -0.39 is 0 Å². The van der Waals surface area contributed by atoms with Crippen LogP contribution >= 0.6 is 11.6 Å². The number of amides is 1. The summed E-state index contributed by atoms with van der Waals surface area (Å²) in [6, 6.07) is 0. The van der Waals surface area contributed by atoms with Crippen molar-refractivity contribution < 1.29 is 4.79 Å². The number of halogens is 1. The van der Waals surface area contributed by atoms with Crippen molar-refractivity contribution in [3.63, 3.8) is 0 Å². The fourth-order valence-corrected chi connectivity index (χ4v) is 0.461. The van der Waals surface area contributed by atoms with Gasteiger partial charge in [-0.3, -0.25) is 4.79 Å². The lowest BCUT2D eigenvalue weighted by Gasteiger charge is -1.90. The topological polar surface area (TPSA) is 29.1 Å². The molecule has 0 aromatic rings. The Hall–Kier alpha value is -0.680. The Morgan fingerprint density at radius 2 is 2.30 bits per heavy atom. The van der Waals surface area contributed by atoms with Crippen LogP contribution < -0.4 is 5.32 Å². The number of rotatable bonds is 2. The zero-order valence-electron chi connectivity index (χ0n) is 5.91. The summed E-state index contributed by atoms with van der Waals surface area (Å²) in [6.45, 7) is 1.88. The Morgan fingerprint density at radius 1 is 1.60 bits per heavy atom. The zero-order chi connectivity index (χ0) is 7.82. The van der Waals surface area contributed by atoms with Gasteiger partial charge in [0.05, 0.1) is 6.54 Å². The maximum Gasteiger partial charge on any atom is 0.217 e. The molecule has 0 aromatic heterocycles. The molecule has 1 amide bonds. The first-order valence-corrected chi connectivity index (χ1v) is 3.57. The SMILES string of the molecule is CC(=O)NCC#CCCCl. The van der Waals surface area contributed by atoms with E-state index in [1.807, 2.05) is 0 Å². The fourth-order valence-electron chi connectivity index (χ4n) is 0.367. The minimum absolute atomic E-state index is 0.0554. The lowest BCUT2D eigenvalue weighted by Crippen LogP contribution is -2.19. The van der Waals surface area contributed by atoms with Crippen molar-refractivity contribution >= 4 is 17.5 Å². The third-order valence-corrected chi connectivity index (χ3v) is 0.959. The molecule has 0 radical (unpaired) electrons. The molecule has 0 spiro atoms. The highest BCUT2D eigenvalue weighted by molar-refractivity contribution is 6.18. The van der Waals surface area contributed by atoms with Gasteiger partial charge in [0, 0.05) is 19.2 Å². The molecule has 0 aliphatic heterocycles. The van der Waals surface area contributed by atoms with E-state index in [0.717, 1.165) is 0 Å². The second kappa shape index (κ2) is 6.44. The van der Waals surface area contributed by atoms with Gasteiger partial charge in [0.1, 0.15) is 0 Å². The maximum atomic E-state index is 10.3. The third kappa shape index (κ3) is 7.32. The number of alkyl halides is 1. The quantitative estimate of drug-likeness (QED) is 0.468. The van der Waals surface area contributed by atoms with Crippen molar-refractivity contribution in [2.24, 2.45) is 0 Å². The average Bonchev–Trinajstić information content (AvgIpc) is 1.87. The highest BCUT2D eigenvalue weighted by Gasteiger charge is 1.82. The van der Waals surface area contributed by atoms with E-state index in [-0.39, 0.29) is 5.91 Å². The van der Waals surface area contributed by atoms with Crippen molar-refractivity contribution in [1.29, 1.82) is 0 Å². The van der Waals surface area contributed by atoms with Crippen molar-refractivity contribution in [3.05, 3.63) is 0 Å². The molecule has 0 unspecified atom stereocenters. The van der Waals surface area contributed by atoms with Crippen LogP contribution in [0.2, 0.25) is 0 Å². The summed E-state index contributed by atoms with van der Waals surface area (Å²) >= 11 is 5.35. The number of carbonyl (C=O) groups is 1. The zero-order valence-corrected chi connectivity index (χ0v) is 6.66. The van der Waals surface area contributed by atoms with Crippen LogP contribution in [0.5, 0.6) is 0 Å². The van der Waals surface area contributed by atoms with Gasteiger partial charge in [0.15, 0.2) is 0 Å². The van der Waals surface area contributed by atoms with E-state index in [1.165, 1.54) is 6.92 Å². The van der Waals surface area contributed by atoms with Crippen molar-refractivity contribution in [3.8, 4) is 11.8 Å². The summed E-state index contributed by atoms with van der Waals surface area (Å²) in [7, 11) is 0. The Bertz CT molecular complexity index is 157. The number of hydrogen-bond donors (Lipinski definition) is 1. The number of nitrogens with one attached hydrogen (secondary N) is 1. The summed E-state index contributed by atoms with van der Waals surface area (Å²) in [5, 5.41) is 2.55. The molecule has 0 saturated heterocycles. The van der Waals surface area contributed by atoms with Crippen LogP contribution in [0.15, 0.2) is 0 Å². The Morgan fingerprint density at radius 3 is 2.80 bits per heavy atom. The second-order valence-electron chi connectivity index (χ2n) is 1.70. The monoisotopic (exact) mass is 159 g/mol. The minimum Gasteiger partial charge on any atom is -0.345 e. The number of hydrogen-bond acceptors (Lipinski definition) is 1. The van der Waals surface area contributed by atoms with Crippen LogP contribution in [0.1, 0.15) is 13.3 Å². The largest absolute Gasteiger partial charge is 0.345 e. The Labute approximate surface area is 65.9 Å². The van der Waals surface area contributed by atoms with E-state index in [2.05, 4.69) is 17.2 Å². The molecule has 0 atom stereocenters. The van der Waals surface area contributed by atoms with Gasteiger partial charge in [-0.05, 0) is 0 Å². The summed E-state index contributed by atoms with van der Waals surface area (Å²) in [5.74, 6) is 6.04. The average molecular weight is 160 g/mol. The summed E-state index contributed by atoms with van der Waals surface area (Å²) in [5.41, 5.74) is 0. The smallest absolute Gasteiger partial charge is 0.217 e. The van der Waals surface area contributed by atoms with E-state index in [9.17, 15) is 4.79 Å². The molecule has 0 fully saturated rings. The van der Waals surface area contributed by atoms with Gasteiger partial charge in [-0.2, -0.15) is 0 Å². The van der Waals surface area contributed by atoms with Crippen LogP contribution in [0.4, 0.5) is 0 Å². The Balaban J connectivity index is 3.20. The molecule has 2 nitrogen and oxygen atoms in total. The molecule has 0 bridgehead atoms. The van der Waals surface area contributed by atoms with Crippen LogP contribution in [-0.2, 0) is 4.79 Å². The second-order valence-corrected chi connectivity index (χ2v) is 2.08. The highest BCUT2D eigenvalue weighted by atomic mass is 35.5. The molecular weight excluding hydrogens is 150 g/mol. The molecule has 3 heteroatoms. The van der Waals surface area contributed by atoms with Crippen LogP contribution in [-0.4, -0.2) is 18.3 Å². The minimum atomic E-state index is -0.0554. The predicted molar refractivity (Wildman–Crippen MR) is 41.8 cm³/mol. The van der Waals surface area contributed by atoms with E-state index >= 15 is 0 Å². The molecule has 10 heavy (non-hydrogen) atoms. The standard InChI is InChI=1S/C7H10ClNO/c1-7(10)9-6-4-2-3-5-8/h3,5-6H2,1H3,(H,9,10). The van der Waals surface area contributed by atoms with Gasteiger partial charge in [-0.1, -0.05) is 5.92 Å². The van der Waals surface area contributed by atoms with Gasteiger partial charge >= 0.3 is 0 Å². The van der Waals surface area contributed by atoms with Crippen LogP contribution in [0.25, 0.3) is 0 Å². The normalized spacial score (nSPS) is 7.80. The van der Waals surface area contributed by atoms with Gasteiger partial charge in [-0.25, -0.2) is 0 Å². The molecule has 1 N–H and O–H groups in total. The first kappa shape index (κ1) is 9.32. The van der Waals surface area contributed by atoms with E-state index in [1.54, 1.807) is 0 Å².